The minimum absolute atomic E-state index is 0.0413. The number of ether oxygens (including phenoxy) is 1. The largest absolute Gasteiger partial charge is 0.389 e. The second-order valence-corrected chi connectivity index (χ2v) is 9.13. The molecule has 1 aliphatic heterocycles. The van der Waals surface area contributed by atoms with Gasteiger partial charge in [-0.1, -0.05) is 6.92 Å². The van der Waals surface area contributed by atoms with Gasteiger partial charge >= 0.3 is 0 Å². The molecule has 1 saturated heterocycles. The third-order valence-electron chi connectivity index (χ3n) is 5.21. The molecule has 0 saturated carbocycles. The van der Waals surface area contributed by atoms with Crippen LogP contribution in [0.2, 0.25) is 0 Å². The van der Waals surface area contributed by atoms with Crippen LogP contribution in [0.5, 0.6) is 0 Å². The summed E-state index contributed by atoms with van der Waals surface area (Å²) >= 11 is 1.67. The van der Waals surface area contributed by atoms with Gasteiger partial charge in [0.2, 0.25) is 0 Å². The second-order valence-electron chi connectivity index (χ2n) is 7.84. The standard InChI is InChI=1S/C20H35FN2O5S/c1-3-6-18-22-15(13(2)29-18)12-28-11-14(21)7-4-5-8-23-9-16(24)19(26)20(27)17(25)10-23/h14,16-17,19-20,24-27H,3-12H2,1-2H3/t14?,16-,17-,19+,20+/m0/s1. The normalized spacial score (nSPS) is 27.1. The second kappa shape index (κ2) is 12.2. The van der Waals surface area contributed by atoms with E-state index in [0.717, 1.165) is 28.4 Å². The van der Waals surface area contributed by atoms with Crippen LogP contribution in [0, 0.1) is 6.92 Å². The topological polar surface area (TPSA) is 106 Å². The maximum atomic E-state index is 14.1. The highest BCUT2D eigenvalue weighted by molar-refractivity contribution is 7.11. The Labute approximate surface area is 176 Å². The van der Waals surface area contributed by atoms with Gasteiger partial charge in [0.15, 0.2) is 0 Å². The summed E-state index contributed by atoms with van der Waals surface area (Å²) in [5, 5.41) is 40.2. The Balaban J connectivity index is 1.61. The van der Waals surface area contributed by atoms with Gasteiger partial charge < -0.3 is 25.2 Å². The summed E-state index contributed by atoms with van der Waals surface area (Å²) in [6.45, 7) is 5.40. The zero-order valence-corrected chi connectivity index (χ0v) is 18.2. The van der Waals surface area contributed by atoms with E-state index in [0.29, 0.717) is 32.4 Å². The molecule has 0 bridgehead atoms. The number of likely N-dealkylation sites (tertiary alicyclic amines) is 1. The average molecular weight is 435 g/mol. The van der Waals surface area contributed by atoms with E-state index in [-0.39, 0.29) is 19.7 Å². The lowest BCUT2D eigenvalue weighted by atomic mass is 10.1. The van der Waals surface area contributed by atoms with E-state index in [1.165, 1.54) is 0 Å². The van der Waals surface area contributed by atoms with Crippen molar-refractivity contribution in [1.29, 1.82) is 0 Å². The summed E-state index contributed by atoms with van der Waals surface area (Å²) in [4.78, 5) is 7.46. The van der Waals surface area contributed by atoms with Gasteiger partial charge in [0, 0.05) is 18.0 Å². The molecule has 4 N–H and O–H groups in total. The molecule has 0 aromatic carbocycles. The van der Waals surface area contributed by atoms with E-state index in [1.807, 2.05) is 6.92 Å². The smallest absolute Gasteiger partial charge is 0.123 e. The lowest BCUT2D eigenvalue weighted by molar-refractivity contribution is -0.0894. The van der Waals surface area contributed by atoms with Gasteiger partial charge in [-0.15, -0.1) is 11.3 Å². The van der Waals surface area contributed by atoms with Gasteiger partial charge in [-0.2, -0.15) is 0 Å². The van der Waals surface area contributed by atoms with Crippen molar-refractivity contribution in [2.75, 3.05) is 26.2 Å². The van der Waals surface area contributed by atoms with Crippen LogP contribution in [0.15, 0.2) is 0 Å². The third-order valence-corrected chi connectivity index (χ3v) is 6.28. The lowest BCUT2D eigenvalue weighted by Crippen LogP contribution is -2.43. The van der Waals surface area contributed by atoms with Crippen LogP contribution in [-0.4, -0.2) is 87.1 Å². The third kappa shape index (κ3) is 7.82. The van der Waals surface area contributed by atoms with Gasteiger partial charge in [0.05, 0.1) is 36.1 Å². The molecule has 0 radical (unpaired) electrons. The zero-order valence-electron chi connectivity index (χ0n) is 17.3. The number of hydrogen-bond donors (Lipinski definition) is 4. The summed E-state index contributed by atoms with van der Waals surface area (Å²) in [5.74, 6) is 0. The molecule has 1 aliphatic rings. The van der Waals surface area contributed by atoms with E-state index in [2.05, 4.69) is 11.9 Å². The van der Waals surface area contributed by atoms with Gasteiger partial charge in [0.1, 0.15) is 18.4 Å². The van der Waals surface area contributed by atoms with Crippen molar-refractivity contribution in [3.05, 3.63) is 15.6 Å². The van der Waals surface area contributed by atoms with Gasteiger partial charge in [-0.05, 0) is 45.6 Å². The zero-order chi connectivity index (χ0) is 21.4. The molecule has 7 nitrogen and oxygen atoms in total. The number of unbranched alkanes of at least 4 members (excludes halogenated alkanes) is 1. The van der Waals surface area contributed by atoms with Crippen LogP contribution in [0.1, 0.15) is 48.2 Å². The molecule has 0 spiro atoms. The molecule has 9 heteroatoms. The van der Waals surface area contributed by atoms with Crippen LogP contribution in [0.3, 0.4) is 0 Å². The predicted molar refractivity (Wildman–Crippen MR) is 110 cm³/mol. The first kappa shape index (κ1) is 24.6. The number of aliphatic hydroxyl groups excluding tert-OH is 4. The molecule has 168 valence electrons. The van der Waals surface area contributed by atoms with Crippen molar-refractivity contribution >= 4 is 11.3 Å². The molecule has 0 aliphatic carbocycles. The fourth-order valence-corrected chi connectivity index (χ4v) is 4.51. The van der Waals surface area contributed by atoms with Crippen molar-refractivity contribution in [2.24, 2.45) is 0 Å². The summed E-state index contributed by atoms with van der Waals surface area (Å²) in [6, 6.07) is 0. The number of halogens is 1. The first-order chi connectivity index (χ1) is 13.8. The van der Waals surface area contributed by atoms with Crippen molar-refractivity contribution in [3.63, 3.8) is 0 Å². The van der Waals surface area contributed by atoms with Crippen LogP contribution < -0.4 is 0 Å². The minimum atomic E-state index is -1.36. The maximum Gasteiger partial charge on any atom is 0.123 e. The average Bonchev–Trinajstić information content (AvgIpc) is 2.99. The molecule has 5 atom stereocenters. The number of aromatic nitrogens is 1. The molecular weight excluding hydrogens is 399 g/mol. The Bertz CT molecular complexity index is 589. The van der Waals surface area contributed by atoms with Crippen molar-refractivity contribution < 1.29 is 29.6 Å². The van der Waals surface area contributed by atoms with Crippen LogP contribution in [-0.2, 0) is 17.8 Å². The van der Waals surface area contributed by atoms with Crippen LogP contribution >= 0.6 is 11.3 Å². The van der Waals surface area contributed by atoms with Gasteiger partial charge in [-0.25, -0.2) is 9.37 Å². The van der Waals surface area contributed by atoms with Crippen molar-refractivity contribution in [3.8, 4) is 0 Å². The van der Waals surface area contributed by atoms with E-state index < -0.39 is 30.6 Å². The number of β-amino-alcohol motifs (C(OH)–C–C–N with tert-alkyl or cyclic N) is 2. The molecule has 2 rings (SSSR count). The van der Waals surface area contributed by atoms with E-state index in [9.17, 15) is 24.8 Å². The molecule has 2 heterocycles. The number of hydrogen-bond acceptors (Lipinski definition) is 8. The first-order valence-corrected chi connectivity index (χ1v) is 11.2. The van der Waals surface area contributed by atoms with E-state index >= 15 is 0 Å². The van der Waals surface area contributed by atoms with Crippen molar-refractivity contribution in [2.45, 2.75) is 83.1 Å². The number of aryl methyl sites for hydroxylation is 2. The number of aliphatic hydroxyl groups is 4. The molecule has 1 aromatic heterocycles. The van der Waals surface area contributed by atoms with Crippen molar-refractivity contribution in [1.82, 2.24) is 9.88 Å². The summed E-state index contributed by atoms with van der Waals surface area (Å²) in [7, 11) is 0. The van der Waals surface area contributed by atoms with Crippen LogP contribution in [0.4, 0.5) is 4.39 Å². The number of alkyl halides is 1. The summed E-state index contributed by atoms with van der Waals surface area (Å²) in [5.41, 5.74) is 0.897. The Morgan fingerprint density at radius 3 is 2.45 bits per heavy atom. The SMILES string of the molecule is CCCc1nc(COCC(F)CCCCN2C[C@H](O)[C@@H](O)[C@H](O)[C@@H](O)C2)c(C)s1. The van der Waals surface area contributed by atoms with E-state index in [4.69, 9.17) is 4.74 Å². The Morgan fingerprint density at radius 1 is 1.17 bits per heavy atom. The Kier molecular flexibility index (Phi) is 10.4. The molecule has 0 amide bonds. The van der Waals surface area contributed by atoms with E-state index in [1.54, 1.807) is 16.2 Å². The molecule has 1 unspecified atom stereocenters. The number of rotatable bonds is 11. The molecule has 29 heavy (non-hydrogen) atoms. The molecular formula is C20H35FN2O5S. The number of thiazole rings is 1. The fourth-order valence-electron chi connectivity index (χ4n) is 3.47. The van der Waals surface area contributed by atoms with Crippen LogP contribution in [0.25, 0.3) is 0 Å². The Morgan fingerprint density at radius 2 is 1.83 bits per heavy atom. The highest BCUT2D eigenvalue weighted by Gasteiger charge is 2.35. The lowest BCUT2D eigenvalue weighted by Gasteiger charge is -2.23. The highest BCUT2D eigenvalue weighted by Crippen LogP contribution is 2.20. The maximum absolute atomic E-state index is 14.1. The highest BCUT2D eigenvalue weighted by atomic mass is 32.1. The molecule has 1 fully saturated rings. The monoisotopic (exact) mass is 434 g/mol. The summed E-state index contributed by atoms with van der Waals surface area (Å²) < 4.78 is 19.6. The quantitative estimate of drug-likeness (QED) is 0.388. The number of nitrogens with zero attached hydrogens (tertiary/aromatic N) is 2. The first-order valence-electron chi connectivity index (χ1n) is 10.4. The minimum Gasteiger partial charge on any atom is -0.389 e. The predicted octanol–water partition coefficient (Wildman–Crippen LogP) is 1.19. The van der Waals surface area contributed by atoms with Gasteiger partial charge in [-0.3, -0.25) is 4.90 Å². The molecule has 1 aromatic rings. The Hall–Kier alpha value is -0.680. The summed E-state index contributed by atoms with van der Waals surface area (Å²) in [6.07, 6.45) is -2.27. The van der Waals surface area contributed by atoms with Gasteiger partial charge in [0.25, 0.3) is 0 Å². The fraction of sp³-hybridized carbons (Fsp3) is 0.850.